The number of esters is 1. The second kappa shape index (κ2) is 19.8. The van der Waals surface area contributed by atoms with E-state index in [1.807, 2.05) is 54.6 Å². The Morgan fingerprint density at radius 2 is 1.73 bits per heavy atom. The molecule has 2 N–H and O–H groups in total. The monoisotopic (exact) mass is 620 g/mol. The van der Waals surface area contributed by atoms with Gasteiger partial charge in [0.2, 0.25) is 11.8 Å². The van der Waals surface area contributed by atoms with E-state index in [4.69, 9.17) is 4.74 Å². The van der Waals surface area contributed by atoms with Gasteiger partial charge in [0, 0.05) is 24.5 Å². The minimum atomic E-state index is -0.595. The second-order valence-electron chi connectivity index (χ2n) is 11.4. The smallest absolute Gasteiger partial charge is 0.309 e. The van der Waals surface area contributed by atoms with Crippen LogP contribution < -0.4 is 5.32 Å². The molecule has 3 rings (SSSR count). The lowest BCUT2D eigenvalue weighted by Gasteiger charge is -2.26. The maximum absolute atomic E-state index is 13.5. The summed E-state index contributed by atoms with van der Waals surface area (Å²) in [6, 6.07) is 19.4. The van der Waals surface area contributed by atoms with Gasteiger partial charge in [-0.15, -0.1) is 13.2 Å². The normalized spacial score (nSPS) is 16.5. The number of unbranched alkanes of at least 4 members (excludes halogenated alkanes) is 1. The van der Waals surface area contributed by atoms with Crippen molar-refractivity contribution in [2.45, 2.75) is 69.2 Å². The lowest BCUT2D eigenvalue weighted by atomic mass is 9.94. The summed E-state index contributed by atoms with van der Waals surface area (Å²) in [7, 11) is 0. The highest BCUT2D eigenvalue weighted by molar-refractivity contribution is 7.98. The summed E-state index contributed by atoms with van der Waals surface area (Å²) in [5.74, 6) is -0.252. The average Bonchev–Trinajstić information content (AvgIpc) is 3.53. The number of ether oxygens (including phenoxy) is 1. The van der Waals surface area contributed by atoms with Crippen LogP contribution in [0, 0.1) is 11.8 Å². The highest BCUT2D eigenvalue weighted by Gasteiger charge is 2.32. The number of nitrogens with one attached hydrogen (secondary N) is 1. The molecule has 4 atom stereocenters. The zero-order chi connectivity index (χ0) is 31.6. The number of carbonyl (C=O) groups excluding carboxylic acids is 3. The number of rotatable bonds is 20. The third kappa shape index (κ3) is 12.0. The molecular formula is C36H48N2O5S. The van der Waals surface area contributed by atoms with E-state index in [2.05, 4.69) is 30.6 Å². The molecule has 2 amide bonds. The van der Waals surface area contributed by atoms with Gasteiger partial charge in [-0.05, 0) is 56.1 Å². The van der Waals surface area contributed by atoms with E-state index in [1.54, 1.807) is 22.7 Å². The van der Waals surface area contributed by atoms with Crippen LogP contribution in [0.5, 0.6) is 0 Å². The predicted molar refractivity (Wildman–Crippen MR) is 178 cm³/mol. The van der Waals surface area contributed by atoms with Crippen LogP contribution in [0.3, 0.4) is 0 Å². The van der Waals surface area contributed by atoms with Gasteiger partial charge in [-0.3, -0.25) is 14.4 Å². The molecule has 1 aliphatic heterocycles. The number of carbonyl (C=O) groups is 3. The summed E-state index contributed by atoms with van der Waals surface area (Å²) in [6.45, 7) is 8.17. The lowest BCUT2D eigenvalue weighted by Crippen LogP contribution is -2.45. The van der Waals surface area contributed by atoms with Crippen molar-refractivity contribution < 1.29 is 24.2 Å². The number of benzene rings is 2. The number of nitrogens with zero attached hydrogens (tertiary/aromatic N) is 1. The van der Waals surface area contributed by atoms with Gasteiger partial charge < -0.3 is 20.1 Å². The summed E-state index contributed by atoms with van der Waals surface area (Å²) in [5.41, 5.74) is 2.25. The second-order valence-corrected chi connectivity index (χ2v) is 12.5. The van der Waals surface area contributed by atoms with E-state index in [9.17, 15) is 19.5 Å². The first-order chi connectivity index (χ1) is 21.4. The van der Waals surface area contributed by atoms with Crippen molar-refractivity contribution in [3.05, 3.63) is 97.1 Å². The van der Waals surface area contributed by atoms with E-state index in [-0.39, 0.29) is 49.4 Å². The Morgan fingerprint density at radius 1 is 1.02 bits per heavy atom. The number of aliphatic hydroxyl groups excluding tert-OH is 1. The van der Waals surface area contributed by atoms with Crippen molar-refractivity contribution in [3.8, 4) is 0 Å². The molecule has 2 aromatic carbocycles. The number of hydrogen-bond acceptors (Lipinski definition) is 6. The fourth-order valence-corrected chi connectivity index (χ4v) is 6.53. The Morgan fingerprint density at radius 3 is 2.39 bits per heavy atom. The molecular weight excluding hydrogens is 572 g/mol. The van der Waals surface area contributed by atoms with Crippen molar-refractivity contribution in [1.82, 2.24) is 10.2 Å². The number of allylic oxidation sites excluding steroid dienone is 2. The van der Waals surface area contributed by atoms with Crippen LogP contribution in [0.2, 0.25) is 0 Å². The molecule has 2 aromatic rings. The van der Waals surface area contributed by atoms with Gasteiger partial charge in [-0.2, -0.15) is 11.8 Å². The van der Waals surface area contributed by atoms with Gasteiger partial charge in [0.05, 0.1) is 30.5 Å². The third-order valence-corrected chi connectivity index (χ3v) is 9.15. The predicted octanol–water partition coefficient (Wildman–Crippen LogP) is 5.73. The van der Waals surface area contributed by atoms with Crippen molar-refractivity contribution >= 4 is 29.5 Å². The van der Waals surface area contributed by atoms with Gasteiger partial charge in [-0.25, -0.2) is 0 Å². The lowest BCUT2D eigenvalue weighted by molar-refractivity contribution is -0.150. The summed E-state index contributed by atoms with van der Waals surface area (Å²) < 4.78 is 5.89. The molecule has 4 unspecified atom stereocenters. The molecule has 0 bridgehead atoms. The highest BCUT2D eigenvalue weighted by Crippen LogP contribution is 2.22. The van der Waals surface area contributed by atoms with Gasteiger partial charge in [0.25, 0.3) is 0 Å². The Kier molecular flexibility index (Phi) is 15.8. The molecule has 0 aliphatic carbocycles. The maximum Gasteiger partial charge on any atom is 0.309 e. The molecule has 0 aromatic heterocycles. The standard InChI is InChI=1S/C36H48N2O5S/c1-3-5-8-19-31(22-28-15-9-6-10-16-28)36(42)43-25-32(27-44-26-29-17-11-7-12-18-29)37-35(41)30(14-4-2)23-34(40)38-21-13-20-33(38)24-39/h3-4,6-7,9-12,15-18,30-33,39H,1-2,5,8,13-14,19-27H2,(H,37,41). The number of aliphatic hydroxyl groups is 1. The van der Waals surface area contributed by atoms with Crippen LogP contribution in [-0.4, -0.2) is 65.4 Å². The van der Waals surface area contributed by atoms with Crippen LogP contribution in [-0.2, 0) is 31.3 Å². The van der Waals surface area contributed by atoms with E-state index in [0.717, 1.165) is 37.0 Å². The summed E-state index contributed by atoms with van der Waals surface area (Å²) in [5, 5.41) is 12.8. The maximum atomic E-state index is 13.5. The first kappa shape index (κ1) is 35.1. The molecule has 1 saturated heterocycles. The summed E-state index contributed by atoms with van der Waals surface area (Å²) in [6.07, 6.45) is 8.47. The Hall–Kier alpha value is -3.36. The molecule has 0 saturated carbocycles. The summed E-state index contributed by atoms with van der Waals surface area (Å²) >= 11 is 1.66. The Labute approximate surface area is 267 Å². The number of likely N-dealkylation sites (tertiary alicyclic amines) is 1. The van der Waals surface area contributed by atoms with E-state index in [1.165, 1.54) is 5.56 Å². The molecule has 0 radical (unpaired) electrons. The van der Waals surface area contributed by atoms with E-state index < -0.39 is 12.0 Å². The van der Waals surface area contributed by atoms with Gasteiger partial charge in [-0.1, -0.05) is 72.8 Å². The number of hydrogen-bond donors (Lipinski definition) is 2. The van der Waals surface area contributed by atoms with Crippen molar-refractivity contribution in [2.75, 3.05) is 25.5 Å². The van der Waals surface area contributed by atoms with Crippen LogP contribution in [0.25, 0.3) is 0 Å². The minimum Gasteiger partial charge on any atom is -0.463 e. The molecule has 1 fully saturated rings. The molecule has 238 valence electrons. The van der Waals surface area contributed by atoms with Gasteiger partial charge >= 0.3 is 5.97 Å². The van der Waals surface area contributed by atoms with Crippen molar-refractivity contribution in [3.63, 3.8) is 0 Å². The topological polar surface area (TPSA) is 95.9 Å². The fraction of sp³-hybridized carbons (Fsp3) is 0.472. The third-order valence-electron chi connectivity index (χ3n) is 7.97. The highest BCUT2D eigenvalue weighted by atomic mass is 32.2. The van der Waals surface area contributed by atoms with Crippen LogP contribution >= 0.6 is 11.8 Å². The Bertz CT molecular complexity index is 1180. The van der Waals surface area contributed by atoms with Crippen molar-refractivity contribution in [1.29, 1.82) is 0 Å². The SMILES string of the molecule is C=CCCCC(Cc1ccccc1)C(=O)OCC(CSCc1ccccc1)NC(=O)C(CC=C)CC(=O)N1CCCC1CO. The van der Waals surface area contributed by atoms with Crippen LogP contribution in [0.1, 0.15) is 56.1 Å². The molecule has 1 heterocycles. The average molecular weight is 621 g/mol. The summed E-state index contributed by atoms with van der Waals surface area (Å²) in [4.78, 5) is 41.7. The van der Waals surface area contributed by atoms with Crippen LogP contribution in [0.4, 0.5) is 0 Å². The largest absolute Gasteiger partial charge is 0.463 e. The number of thioether (sulfide) groups is 1. The van der Waals surface area contributed by atoms with Gasteiger partial charge in [0.15, 0.2) is 0 Å². The fourth-order valence-electron chi connectivity index (χ4n) is 5.52. The zero-order valence-electron chi connectivity index (χ0n) is 25.8. The Balaban J connectivity index is 1.66. The molecule has 44 heavy (non-hydrogen) atoms. The molecule has 1 aliphatic rings. The first-order valence-electron chi connectivity index (χ1n) is 15.7. The van der Waals surface area contributed by atoms with Gasteiger partial charge in [0.1, 0.15) is 6.61 Å². The zero-order valence-corrected chi connectivity index (χ0v) is 26.6. The molecule has 7 nitrogen and oxygen atoms in total. The van der Waals surface area contributed by atoms with Crippen LogP contribution in [0.15, 0.2) is 86.0 Å². The van der Waals surface area contributed by atoms with Crippen molar-refractivity contribution in [2.24, 2.45) is 11.8 Å². The van der Waals surface area contributed by atoms with E-state index >= 15 is 0 Å². The molecule has 0 spiro atoms. The minimum absolute atomic E-state index is 0.0421. The number of amides is 2. The van der Waals surface area contributed by atoms with E-state index in [0.29, 0.717) is 31.6 Å². The first-order valence-corrected chi connectivity index (χ1v) is 16.8. The molecule has 8 heteroatoms. The quantitative estimate of drug-likeness (QED) is 0.112.